The molecule has 1 aromatic carbocycles. The van der Waals surface area contributed by atoms with Crippen molar-refractivity contribution in [3.63, 3.8) is 0 Å². The van der Waals surface area contributed by atoms with Crippen LogP contribution in [0.25, 0.3) is 0 Å². The molecule has 1 aromatic rings. The van der Waals surface area contributed by atoms with E-state index in [1.807, 2.05) is 0 Å². The lowest BCUT2D eigenvalue weighted by Gasteiger charge is -2.38. The van der Waals surface area contributed by atoms with Crippen molar-refractivity contribution < 1.29 is 9.16 Å². The monoisotopic (exact) mass is 280 g/mol. The van der Waals surface area contributed by atoms with Crippen molar-refractivity contribution in [1.29, 1.82) is 0 Å². The first-order chi connectivity index (χ1) is 8.67. The highest BCUT2D eigenvalue weighted by atomic mass is 28.4. The van der Waals surface area contributed by atoms with Crippen molar-refractivity contribution in [3.05, 3.63) is 35.4 Å². The van der Waals surface area contributed by atoms with E-state index in [1.54, 1.807) is 7.11 Å². The summed E-state index contributed by atoms with van der Waals surface area (Å²) in [5, 5.41) is 0.247. The van der Waals surface area contributed by atoms with Gasteiger partial charge in [-0.3, -0.25) is 0 Å². The molecule has 0 saturated carbocycles. The highest BCUT2D eigenvalue weighted by molar-refractivity contribution is 6.74. The van der Waals surface area contributed by atoms with Crippen LogP contribution in [0.2, 0.25) is 18.1 Å². The molecule has 0 aromatic heterocycles. The lowest BCUT2D eigenvalue weighted by Crippen LogP contribution is -2.41. The summed E-state index contributed by atoms with van der Waals surface area (Å²) in [6, 6.07) is 8.52. The van der Waals surface area contributed by atoms with Crippen LogP contribution in [0.15, 0.2) is 24.3 Å². The van der Waals surface area contributed by atoms with Gasteiger partial charge in [0.15, 0.2) is 8.32 Å². The topological polar surface area (TPSA) is 18.5 Å². The molecule has 0 amide bonds. The zero-order chi connectivity index (χ0) is 14.7. The highest BCUT2D eigenvalue weighted by Crippen LogP contribution is 2.39. The van der Waals surface area contributed by atoms with Gasteiger partial charge in [-0.25, -0.2) is 0 Å². The van der Waals surface area contributed by atoms with Crippen molar-refractivity contribution in [2.24, 2.45) is 0 Å². The van der Waals surface area contributed by atoms with Gasteiger partial charge in [0.25, 0.3) is 0 Å². The summed E-state index contributed by atoms with van der Waals surface area (Å²) in [5.41, 5.74) is 2.44. The van der Waals surface area contributed by atoms with Crippen LogP contribution >= 0.6 is 0 Å². The van der Waals surface area contributed by atoms with E-state index in [2.05, 4.69) is 65.1 Å². The van der Waals surface area contributed by atoms with Gasteiger partial charge in [0.2, 0.25) is 0 Å². The molecule has 0 N–H and O–H groups in total. The second kappa shape index (κ2) is 6.20. The van der Waals surface area contributed by atoms with Crippen LogP contribution in [-0.2, 0) is 15.8 Å². The number of rotatable bonds is 5. The zero-order valence-corrected chi connectivity index (χ0v) is 14.4. The summed E-state index contributed by atoms with van der Waals surface area (Å²) >= 11 is 0. The first kappa shape index (κ1) is 16.4. The fourth-order valence-corrected chi connectivity index (χ4v) is 3.11. The third-order valence-electron chi connectivity index (χ3n) is 4.04. The molecule has 0 aliphatic rings. The molecule has 0 saturated heterocycles. The minimum atomic E-state index is -1.70. The molecule has 0 aliphatic heterocycles. The molecule has 0 heterocycles. The molecule has 1 unspecified atom stereocenters. The van der Waals surface area contributed by atoms with E-state index in [-0.39, 0.29) is 11.1 Å². The van der Waals surface area contributed by atoms with Gasteiger partial charge in [-0.15, -0.1) is 0 Å². The van der Waals surface area contributed by atoms with Gasteiger partial charge in [-0.2, -0.15) is 0 Å². The molecule has 0 bridgehead atoms. The summed E-state index contributed by atoms with van der Waals surface area (Å²) in [6.07, 6.45) is 0.150. The Bertz CT molecular complexity index is 390. The molecule has 0 radical (unpaired) electrons. The number of ether oxygens (including phenoxy) is 1. The van der Waals surface area contributed by atoms with Gasteiger partial charge >= 0.3 is 0 Å². The van der Waals surface area contributed by atoms with E-state index in [4.69, 9.17) is 9.16 Å². The summed E-state index contributed by atoms with van der Waals surface area (Å²) in [5.74, 6) is 0. The van der Waals surface area contributed by atoms with Crippen LogP contribution in [0, 0.1) is 0 Å². The Kier molecular flexibility index (Phi) is 5.36. The van der Waals surface area contributed by atoms with E-state index in [0.29, 0.717) is 6.61 Å². The third kappa shape index (κ3) is 4.44. The minimum absolute atomic E-state index is 0.150. The molecule has 0 aliphatic carbocycles. The first-order valence-corrected chi connectivity index (χ1v) is 9.84. The highest BCUT2D eigenvalue weighted by Gasteiger charge is 2.38. The van der Waals surface area contributed by atoms with Crippen molar-refractivity contribution in [1.82, 2.24) is 0 Å². The van der Waals surface area contributed by atoms with Crippen LogP contribution < -0.4 is 0 Å². The van der Waals surface area contributed by atoms with E-state index in [1.165, 1.54) is 11.1 Å². The number of hydrogen-bond donors (Lipinski definition) is 0. The van der Waals surface area contributed by atoms with Crippen LogP contribution in [-0.4, -0.2) is 15.4 Å². The second-order valence-electron chi connectivity index (χ2n) is 6.69. The maximum Gasteiger partial charge on any atom is 0.192 e. The van der Waals surface area contributed by atoms with Crippen molar-refractivity contribution in [2.75, 3.05) is 7.11 Å². The molecule has 19 heavy (non-hydrogen) atoms. The average Bonchev–Trinajstić information content (AvgIpc) is 2.28. The van der Waals surface area contributed by atoms with Crippen molar-refractivity contribution >= 4 is 8.32 Å². The normalized spacial score (nSPS) is 14.5. The van der Waals surface area contributed by atoms with Gasteiger partial charge in [0.05, 0.1) is 12.7 Å². The third-order valence-corrected chi connectivity index (χ3v) is 8.59. The van der Waals surface area contributed by atoms with Crippen LogP contribution in [0.4, 0.5) is 0 Å². The predicted molar refractivity (Wildman–Crippen MR) is 83.9 cm³/mol. The van der Waals surface area contributed by atoms with Crippen LogP contribution in [0.5, 0.6) is 0 Å². The summed E-state index contributed by atoms with van der Waals surface area (Å²) in [6.45, 7) is 14.2. The van der Waals surface area contributed by atoms with E-state index < -0.39 is 8.32 Å². The smallest absolute Gasteiger partial charge is 0.192 e. The standard InChI is InChI=1S/C16H28O2Si/c1-13(18-19(6,7)16(2,3)4)15-10-8-14(9-11-15)12-17-5/h8-11,13H,12H2,1-7H3. The number of hydrogen-bond acceptors (Lipinski definition) is 2. The fraction of sp³-hybridized carbons (Fsp3) is 0.625. The minimum Gasteiger partial charge on any atom is -0.410 e. The summed E-state index contributed by atoms with van der Waals surface area (Å²) < 4.78 is 11.5. The molecular weight excluding hydrogens is 252 g/mol. The lowest BCUT2D eigenvalue weighted by atomic mass is 10.1. The zero-order valence-electron chi connectivity index (χ0n) is 13.4. The van der Waals surface area contributed by atoms with E-state index in [0.717, 1.165) is 0 Å². The summed E-state index contributed by atoms with van der Waals surface area (Å²) in [4.78, 5) is 0. The Balaban J connectivity index is 2.75. The van der Waals surface area contributed by atoms with E-state index >= 15 is 0 Å². The molecular formula is C16H28O2Si. The molecule has 2 nitrogen and oxygen atoms in total. The average molecular weight is 280 g/mol. The fourth-order valence-electron chi connectivity index (χ4n) is 1.74. The maximum atomic E-state index is 6.40. The Morgan fingerprint density at radius 2 is 1.63 bits per heavy atom. The molecule has 3 heteroatoms. The quantitative estimate of drug-likeness (QED) is 0.713. The van der Waals surface area contributed by atoms with Gasteiger partial charge in [-0.1, -0.05) is 45.0 Å². The number of methoxy groups -OCH3 is 1. The second-order valence-corrected chi connectivity index (χ2v) is 11.5. The Hall–Kier alpha value is -0.643. The summed E-state index contributed by atoms with van der Waals surface area (Å²) in [7, 11) is 0.0151. The van der Waals surface area contributed by atoms with Gasteiger partial charge < -0.3 is 9.16 Å². The number of benzene rings is 1. The van der Waals surface area contributed by atoms with E-state index in [9.17, 15) is 0 Å². The van der Waals surface area contributed by atoms with Gasteiger partial charge in [0, 0.05) is 7.11 Å². The van der Waals surface area contributed by atoms with Gasteiger partial charge in [0.1, 0.15) is 0 Å². The Morgan fingerprint density at radius 3 is 2.05 bits per heavy atom. The Labute approximate surface area is 119 Å². The Morgan fingerprint density at radius 1 is 1.11 bits per heavy atom. The molecule has 108 valence electrons. The van der Waals surface area contributed by atoms with Crippen LogP contribution in [0.3, 0.4) is 0 Å². The van der Waals surface area contributed by atoms with Crippen molar-refractivity contribution in [2.45, 2.75) is 58.5 Å². The molecule has 1 rings (SSSR count). The largest absolute Gasteiger partial charge is 0.410 e. The first-order valence-electron chi connectivity index (χ1n) is 6.93. The van der Waals surface area contributed by atoms with Crippen molar-refractivity contribution in [3.8, 4) is 0 Å². The lowest BCUT2D eigenvalue weighted by molar-refractivity contribution is 0.184. The molecule has 0 spiro atoms. The van der Waals surface area contributed by atoms with Crippen LogP contribution in [0.1, 0.15) is 44.9 Å². The SMILES string of the molecule is COCc1ccc(C(C)O[Si](C)(C)C(C)(C)C)cc1. The maximum absolute atomic E-state index is 6.40. The van der Waals surface area contributed by atoms with Gasteiger partial charge in [-0.05, 0) is 36.2 Å². The molecule has 1 atom stereocenters. The predicted octanol–water partition coefficient (Wildman–Crippen LogP) is 4.92. The molecule has 0 fully saturated rings.